The SMILES string of the molecule is CCCC(O)CCc1cn2ccsc2n1. The Morgan fingerprint density at radius 3 is 3.13 bits per heavy atom. The van der Waals surface area contributed by atoms with Crippen LogP contribution in [0.5, 0.6) is 0 Å². The molecule has 3 nitrogen and oxygen atoms in total. The lowest BCUT2D eigenvalue weighted by molar-refractivity contribution is 0.153. The highest BCUT2D eigenvalue weighted by molar-refractivity contribution is 7.15. The average Bonchev–Trinajstić information content (AvgIpc) is 2.74. The second-order valence-corrected chi connectivity index (χ2v) is 4.68. The quantitative estimate of drug-likeness (QED) is 0.847. The third-order valence-corrected chi connectivity index (χ3v) is 3.27. The second-order valence-electron chi connectivity index (χ2n) is 3.81. The first-order valence-electron chi connectivity index (χ1n) is 5.38. The minimum Gasteiger partial charge on any atom is -0.393 e. The van der Waals surface area contributed by atoms with E-state index in [-0.39, 0.29) is 6.10 Å². The maximum Gasteiger partial charge on any atom is 0.193 e. The lowest BCUT2D eigenvalue weighted by Gasteiger charge is -2.06. The number of aliphatic hydroxyl groups is 1. The zero-order chi connectivity index (χ0) is 10.7. The number of nitrogens with zero attached hydrogens (tertiary/aromatic N) is 2. The number of imidazole rings is 1. The van der Waals surface area contributed by atoms with Crippen molar-refractivity contribution in [1.82, 2.24) is 9.38 Å². The van der Waals surface area contributed by atoms with E-state index in [1.807, 2.05) is 22.2 Å². The van der Waals surface area contributed by atoms with E-state index in [1.54, 1.807) is 11.3 Å². The van der Waals surface area contributed by atoms with Gasteiger partial charge in [0.05, 0.1) is 11.8 Å². The first-order chi connectivity index (χ1) is 7.29. The molecule has 0 saturated heterocycles. The number of hydrogen-bond donors (Lipinski definition) is 1. The Labute approximate surface area is 93.4 Å². The maximum atomic E-state index is 9.60. The standard InChI is InChI=1S/C11H16N2OS/c1-2-3-10(14)5-4-9-8-13-6-7-15-11(13)12-9/h6-8,10,14H,2-5H2,1H3. The Morgan fingerprint density at radius 2 is 2.40 bits per heavy atom. The molecule has 0 spiro atoms. The van der Waals surface area contributed by atoms with Gasteiger partial charge < -0.3 is 5.11 Å². The zero-order valence-electron chi connectivity index (χ0n) is 8.89. The number of thiazole rings is 1. The fourth-order valence-electron chi connectivity index (χ4n) is 1.69. The van der Waals surface area contributed by atoms with Gasteiger partial charge in [0.25, 0.3) is 0 Å². The summed E-state index contributed by atoms with van der Waals surface area (Å²) in [6.45, 7) is 2.09. The average molecular weight is 224 g/mol. The third-order valence-electron chi connectivity index (χ3n) is 2.50. The minimum atomic E-state index is -0.172. The first-order valence-corrected chi connectivity index (χ1v) is 6.26. The highest BCUT2D eigenvalue weighted by atomic mass is 32.1. The van der Waals surface area contributed by atoms with Gasteiger partial charge in [-0.2, -0.15) is 0 Å². The van der Waals surface area contributed by atoms with E-state index in [9.17, 15) is 5.11 Å². The molecule has 1 N–H and O–H groups in total. The molecule has 0 saturated carbocycles. The molecule has 2 aromatic heterocycles. The van der Waals surface area contributed by atoms with Crippen molar-refractivity contribution in [2.24, 2.45) is 0 Å². The molecule has 0 aliphatic carbocycles. The fourth-order valence-corrected chi connectivity index (χ4v) is 2.41. The van der Waals surface area contributed by atoms with Gasteiger partial charge in [0.15, 0.2) is 4.96 Å². The fraction of sp³-hybridized carbons (Fsp3) is 0.545. The van der Waals surface area contributed by atoms with E-state index in [1.165, 1.54) is 0 Å². The topological polar surface area (TPSA) is 37.5 Å². The largest absolute Gasteiger partial charge is 0.393 e. The van der Waals surface area contributed by atoms with Crippen molar-refractivity contribution in [3.05, 3.63) is 23.5 Å². The van der Waals surface area contributed by atoms with Crippen LogP contribution in [0.4, 0.5) is 0 Å². The minimum absolute atomic E-state index is 0.172. The highest BCUT2D eigenvalue weighted by Gasteiger charge is 2.06. The molecule has 0 aliphatic rings. The van der Waals surface area contributed by atoms with Gasteiger partial charge in [-0.25, -0.2) is 4.98 Å². The molecule has 0 aliphatic heterocycles. The van der Waals surface area contributed by atoms with Crippen molar-refractivity contribution in [2.45, 2.75) is 38.7 Å². The summed E-state index contributed by atoms with van der Waals surface area (Å²) in [6, 6.07) is 0. The molecule has 0 bridgehead atoms. The predicted octanol–water partition coefficient (Wildman–Crippen LogP) is 2.49. The summed E-state index contributed by atoms with van der Waals surface area (Å²) < 4.78 is 2.03. The first kappa shape index (κ1) is 10.6. The second kappa shape index (κ2) is 4.77. The van der Waals surface area contributed by atoms with Gasteiger partial charge in [-0.15, -0.1) is 11.3 Å². The van der Waals surface area contributed by atoms with Crippen LogP contribution < -0.4 is 0 Å². The van der Waals surface area contributed by atoms with Gasteiger partial charge in [-0.1, -0.05) is 13.3 Å². The Kier molecular flexibility index (Phi) is 3.38. The molecule has 0 amide bonds. The van der Waals surface area contributed by atoms with Crippen LogP contribution in [0.15, 0.2) is 17.8 Å². The summed E-state index contributed by atoms with van der Waals surface area (Å²) in [4.78, 5) is 5.51. The smallest absolute Gasteiger partial charge is 0.193 e. The normalized spacial score (nSPS) is 13.5. The number of aromatic nitrogens is 2. The van der Waals surface area contributed by atoms with E-state index in [0.717, 1.165) is 36.3 Å². The molecular weight excluding hydrogens is 208 g/mol. The number of aryl methyl sites for hydroxylation is 1. The number of fused-ring (bicyclic) bond motifs is 1. The van der Waals surface area contributed by atoms with Crippen LogP contribution in [0.25, 0.3) is 4.96 Å². The Morgan fingerprint density at radius 1 is 1.53 bits per heavy atom. The van der Waals surface area contributed by atoms with Gasteiger partial charge in [-0.05, 0) is 19.3 Å². The van der Waals surface area contributed by atoms with Gasteiger partial charge in [0.1, 0.15) is 0 Å². The molecular formula is C11H16N2OS. The van der Waals surface area contributed by atoms with Gasteiger partial charge >= 0.3 is 0 Å². The van der Waals surface area contributed by atoms with Crippen LogP contribution in [-0.2, 0) is 6.42 Å². The molecule has 15 heavy (non-hydrogen) atoms. The van der Waals surface area contributed by atoms with Gasteiger partial charge in [-0.3, -0.25) is 4.40 Å². The molecule has 2 rings (SSSR count). The summed E-state index contributed by atoms with van der Waals surface area (Å²) >= 11 is 1.64. The van der Waals surface area contributed by atoms with Crippen molar-refractivity contribution < 1.29 is 5.11 Å². The molecule has 1 unspecified atom stereocenters. The van der Waals surface area contributed by atoms with Crippen LogP contribution in [-0.4, -0.2) is 20.6 Å². The Hall–Kier alpha value is -0.870. The summed E-state index contributed by atoms with van der Waals surface area (Å²) in [5.41, 5.74) is 1.08. The van der Waals surface area contributed by atoms with Crippen molar-refractivity contribution in [2.75, 3.05) is 0 Å². The van der Waals surface area contributed by atoms with Crippen LogP contribution in [0.2, 0.25) is 0 Å². The number of hydrogen-bond acceptors (Lipinski definition) is 3. The van der Waals surface area contributed by atoms with E-state index in [4.69, 9.17) is 0 Å². The van der Waals surface area contributed by atoms with Crippen LogP contribution >= 0.6 is 11.3 Å². The molecule has 0 aromatic carbocycles. The Bertz CT molecular complexity index is 392. The molecule has 82 valence electrons. The van der Waals surface area contributed by atoms with Crippen molar-refractivity contribution in [3.63, 3.8) is 0 Å². The molecule has 1 atom stereocenters. The molecule has 2 heterocycles. The monoisotopic (exact) mass is 224 g/mol. The summed E-state index contributed by atoms with van der Waals surface area (Å²) in [5, 5.41) is 11.6. The number of aliphatic hydroxyl groups excluding tert-OH is 1. The number of rotatable bonds is 5. The predicted molar refractivity (Wildman–Crippen MR) is 62.3 cm³/mol. The maximum absolute atomic E-state index is 9.60. The van der Waals surface area contributed by atoms with Crippen LogP contribution in [0.1, 0.15) is 31.9 Å². The van der Waals surface area contributed by atoms with E-state index in [2.05, 4.69) is 11.9 Å². The summed E-state index contributed by atoms with van der Waals surface area (Å²) in [5.74, 6) is 0. The zero-order valence-corrected chi connectivity index (χ0v) is 9.70. The van der Waals surface area contributed by atoms with Gasteiger partial charge in [0, 0.05) is 17.8 Å². The van der Waals surface area contributed by atoms with Crippen molar-refractivity contribution >= 4 is 16.3 Å². The molecule has 0 radical (unpaired) electrons. The summed E-state index contributed by atoms with van der Waals surface area (Å²) in [6.07, 6.45) is 7.51. The van der Waals surface area contributed by atoms with Gasteiger partial charge in [0.2, 0.25) is 0 Å². The summed E-state index contributed by atoms with van der Waals surface area (Å²) in [7, 11) is 0. The van der Waals surface area contributed by atoms with E-state index < -0.39 is 0 Å². The van der Waals surface area contributed by atoms with E-state index >= 15 is 0 Å². The van der Waals surface area contributed by atoms with Crippen LogP contribution in [0, 0.1) is 0 Å². The van der Waals surface area contributed by atoms with Crippen molar-refractivity contribution in [3.8, 4) is 0 Å². The Balaban J connectivity index is 1.92. The van der Waals surface area contributed by atoms with Crippen LogP contribution in [0.3, 0.4) is 0 Å². The lowest BCUT2D eigenvalue weighted by Crippen LogP contribution is -2.07. The molecule has 2 aromatic rings. The third kappa shape index (κ3) is 2.58. The lowest BCUT2D eigenvalue weighted by atomic mass is 10.1. The molecule has 4 heteroatoms. The highest BCUT2D eigenvalue weighted by Crippen LogP contribution is 2.13. The van der Waals surface area contributed by atoms with Crippen molar-refractivity contribution in [1.29, 1.82) is 0 Å². The molecule has 0 fully saturated rings. The van der Waals surface area contributed by atoms with E-state index in [0.29, 0.717) is 0 Å².